The lowest BCUT2D eigenvalue weighted by Crippen LogP contribution is -2.07. The average Bonchev–Trinajstić information content (AvgIpc) is 2.55. The van der Waals surface area contributed by atoms with Crippen molar-refractivity contribution in [1.82, 2.24) is 14.6 Å². The van der Waals surface area contributed by atoms with Crippen LogP contribution < -0.4 is 0 Å². The van der Waals surface area contributed by atoms with Crippen LogP contribution in [-0.2, 0) is 6.18 Å². The molecule has 0 aliphatic rings. The number of fused-ring (bicyclic) bond motifs is 1. The van der Waals surface area contributed by atoms with Gasteiger partial charge in [0.1, 0.15) is 4.60 Å². The van der Waals surface area contributed by atoms with Gasteiger partial charge in [0.15, 0.2) is 5.65 Å². The first-order valence-electron chi connectivity index (χ1n) is 3.98. The zero-order valence-corrected chi connectivity index (χ0v) is 9.09. The van der Waals surface area contributed by atoms with E-state index in [0.29, 0.717) is 4.60 Å². The Kier molecular flexibility index (Phi) is 2.22. The SMILES string of the molecule is Cc1ccc2nc(C(F)(F)F)nn2c1Br. The normalized spacial score (nSPS) is 12.3. The molecule has 0 aliphatic carbocycles. The van der Waals surface area contributed by atoms with E-state index in [0.717, 1.165) is 10.1 Å². The van der Waals surface area contributed by atoms with Gasteiger partial charge in [0.05, 0.1) is 0 Å². The summed E-state index contributed by atoms with van der Waals surface area (Å²) in [6.45, 7) is 1.76. The van der Waals surface area contributed by atoms with Crippen molar-refractivity contribution in [2.24, 2.45) is 0 Å². The molecule has 3 nitrogen and oxygen atoms in total. The second-order valence-corrected chi connectivity index (χ2v) is 3.76. The third-order valence-corrected chi connectivity index (χ3v) is 2.84. The Morgan fingerprint density at radius 1 is 1.33 bits per heavy atom. The summed E-state index contributed by atoms with van der Waals surface area (Å²) < 4.78 is 38.5. The molecular weight excluding hydrogens is 275 g/mol. The van der Waals surface area contributed by atoms with Crippen LogP contribution >= 0.6 is 15.9 Å². The van der Waals surface area contributed by atoms with E-state index >= 15 is 0 Å². The predicted molar refractivity (Wildman–Crippen MR) is 50.4 cm³/mol. The minimum absolute atomic E-state index is 0.166. The van der Waals surface area contributed by atoms with Crippen molar-refractivity contribution in [3.05, 3.63) is 28.1 Å². The average molecular weight is 280 g/mol. The molecular formula is C8H5BrF3N3. The molecule has 0 spiro atoms. The molecule has 0 aliphatic heterocycles. The third-order valence-electron chi connectivity index (χ3n) is 1.88. The molecule has 0 amide bonds. The van der Waals surface area contributed by atoms with Gasteiger partial charge in [0, 0.05) is 0 Å². The molecule has 7 heteroatoms. The van der Waals surface area contributed by atoms with Crippen LogP contribution in [0.2, 0.25) is 0 Å². The van der Waals surface area contributed by atoms with Gasteiger partial charge in [-0.15, -0.1) is 5.10 Å². The monoisotopic (exact) mass is 279 g/mol. The highest BCUT2D eigenvalue weighted by molar-refractivity contribution is 9.10. The predicted octanol–water partition coefficient (Wildman–Crippen LogP) is 2.82. The van der Waals surface area contributed by atoms with E-state index in [9.17, 15) is 13.2 Å². The quantitative estimate of drug-likeness (QED) is 0.694. The van der Waals surface area contributed by atoms with E-state index in [4.69, 9.17) is 0 Å². The highest BCUT2D eigenvalue weighted by atomic mass is 79.9. The number of halogens is 4. The van der Waals surface area contributed by atoms with Crippen molar-refractivity contribution in [2.75, 3.05) is 0 Å². The summed E-state index contributed by atoms with van der Waals surface area (Å²) in [4.78, 5) is 3.38. The molecule has 2 heterocycles. The van der Waals surface area contributed by atoms with Crippen LogP contribution in [0.4, 0.5) is 13.2 Å². The molecule has 2 aromatic rings. The third kappa shape index (κ3) is 1.71. The molecule has 0 atom stereocenters. The summed E-state index contributed by atoms with van der Waals surface area (Å²) in [5.41, 5.74) is 0.959. The maximum absolute atomic E-state index is 12.3. The smallest absolute Gasteiger partial charge is 0.206 e. The van der Waals surface area contributed by atoms with Crippen LogP contribution in [0, 0.1) is 6.92 Å². The molecule has 0 radical (unpaired) electrons. The van der Waals surface area contributed by atoms with E-state index in [1.165, 1.54) is 6.07 Å². The van der Waals surface area contributed by atoms with Gasteiger partial charge < -0.3 is 0 Å². The summed E-state index contributed by atoms with van der Waals surface area (Å²) >= 11 is 3.15. The van der Waals surface area contributed by atoms with E-state index in [2.05, 4.69) is 26.0 Å². The van der Waals surface area contributed by atoms with Gasteiger partial charge >= 0.3 is 6.18 Å². The van der Waals surface area contributed by atoms with Crippen LogP contribution in [0.3, 0.4) is 0 Å². The number of hydrogen-bond donors (Lipinski definition) is 0. The summed E-state index contributed by atoms with van der Waals surface area (Å²) in [6.07, 6.45) is -4.51. The fourth-order valence-corrected chi connectivity index (χ4v) is 1.53. The van der Waals surface area contributed by atoms with E-state index < -0.39 is 12.0 Å². The topological polar surface area (TPSA) is 30.2 Å². The minimum atomic E-state index is -4.51. The van der Waals surface area contributed by atoms with Gasteiger partial charge in [-0.05, 0) is 34.5 Å². The summed E-state index contributed by atoms with van der Waals surface area (Å²) in [7, 11) is 0. The molecule has 0 fully saturated rings. The van der Waals surface area contributed by atoms with E-state index in [-0.39, 0.29) is 5.65 Å². The van der Waals surface area contributed by atoms with Crippen molar-refractivity contribution in [2.45, 2.75) is 13.1 Å². The number of nitrogens with zero attached hydrogens (tertiary/aromatic N) is 3. The van der Waals surface area contributed by atoms with Gasteiger partial charge in [0.25, 0.3) is 5.82 Å². The van der Waals surface area contributed by atoms with Crippen molar-refractivity contribution < 1.29 is 13.2 Å². The first-order valence-corrected chi connectivity index (χ1v) is 4.78. The Hall–Kier alpha value is -1.11. The molecule has 0 unspecified atom stereocenters. The largest absolute Gasteiger partial charge is 0.453 e. The molecule has 15 heavy (non-hydrogen) atoms. The van der Waals surface area contributed by atoms with E-state index in [1.807, 2.05) is 0 Å². The fraction of sp³-hybridized carbons (Fsp3) is 0.250. The number of alkyl halides is 3. The van der Waals surface area contributed by atoms with Gasteiger partial charge in [-0.3, -0.25) is 0 Å². The molecule has 2 rings (SSSR count). The summed E-state index contributed by atoms with van der Waals surface area (Å²) in [5.74, 6) is -1.13. The van der Waals surface area contributed by atoms with Gasteiger partial charge in [-0.1, -0.05) is 6.07 Å². The molecule has 0 aromatic carbocycles. The molecule has 0 saturated heterocycles. The van der Waals surface area contributed by atoms with E-state index in [1.54, 1.807) is 13.0 Å². The minimum Gasteiger partial charge on any atom is -0.206 e. The Balaban J connectivity index is 2.72. The van der Waals surface area contributed by atoms with Gasteiger partial charge in [-0.2, -0.15) is 13.2 Å². The lowest BCUT2D eigenvalue weighted by molar-refractivity contribution is -0.144. The molecule has 80 valence electrons. The van der Waals surface area contributed by atoms with Crippen LogP contribution in [0.5, 0.6) is 0 Å². The number of aromatic nitrogens is 3. The second-order valence-electron chi connectivity index (χ2n) is 3.01. The number of hydrogen-bond acceptors (Lipinski definition) is 2. The Labute approximate surface area is 91.1 Å². The molecule has 0 bridgehead atoms. The first-order chi connectivity index (χ1) is 6.89. The summed E-state index contributed by atoms with van der Waals surface area (Å²) in [5, 5.41) is 3.38. The van der Waals surface area contributed by atoms with Crippen molar-refractivity contribution in [3.63, 3.8) is 0 Å². The molecule has 2 aromatic heterocycles. The van der Waals surface area contributed by atoms with Gasteiger partial charge in [0.2, 0.25) is 0 Å². The van der Waals surface area contributed by atoms with Crippen molar-refractivity contribution >= 4 is 21.6 Å². The second kappa shape index (κ2) is 3.19. The van der Waals surface area contributed by atoms with Gasteiger partial charge in [-0.25, -0.2) is 9.50 Å². The Bertz CT molecular complexity index is 518. The molecule has 0 saturated carbocycles. The Morgan fingerprint density at radius 3 is 2.60 bits per heavy atom. The lowest BCUT2D eigenvalue weighted by atomic mass is 10.3. The number of aryl methyl sites for hydroxylation is 1. The van der Waals surface area contributed by atoms with Crippen molar-refractivity contribution in [1.29, 1.82) is 0 Å². The highest BCUT2D eigenvalue weighted by Crippen LogP contribution is 2.27. The zero-order valence-electron chi connectivity index (χ0n) is 7.51. The standard InChI is InChI=1S/C8H5BrF3N3/c1-4-2-3-5-13-7(8(10,11)12)14-15(5)6(4)9/h2-3H,1H3. The number of pyridine rings is 1. The van der Waals surface area contributed by atoms with Crippen LogP contribution in [0.1, 0.15) is 11.4 Å². The van der Waals surface area contributed by atoms with Crippen LogP contribution in [0.25, 0.3) is 5.65 Å². The number of rotatable bonds is 0. The van der Waals surface area contributed by atoms with Crippen LogP contribution in [-0.4, -0.2) is 14.6 Å². The first kappa shape index (κ1) is 10.4. The summed E-state index contributed by atoms with van der Waals surface area (Å²) in [6, 6.07) is 3.16. The zero-order chi connectivity index (χ0) is 11.2. The Morgan fingerprint density at radius 2 is 2.00 bits per heavy atom. The van der Waals surface area contributed by atoms with Crippen molar-refractivity contribution in [3.8, 4) is 0 Å². The highest BCUT2D eigenvalue weighted by Gasteiger charge is 2.36. The maximum Gasteiger partial charge on any atom is 0.453 e. The molecule has 0 N–H and O–H groups in total. The fourth-order valence-electron chi connectivity index (χ4n) is 1.13. The lowest BCUT2D eigenvalue weighted by Gasteiger charge is -1.99. The maximum atomic E-state index is 12.3. The van der Waals surface area contributed by atoms with Crippen LogP contribution in [0.15, 0.2) is 16.7 Å².